The second-order valence-electron chi connectivity index (χ2n) is 6.65. The van der Waals surface area contributed by atoms with Crippen LogP contribution in [0.3, 0.4) is 0 Å². The maximum Gasteiger partial charge on any atom is 0.223 e. The van der Waals surface area contributed by atoms with Crippen molar-refractivity contribution in [2.24, 2.45) is 11.3 Å². The number of amides is 1. The summed E-state index contributed by atoms with van der Waals surface area (Å²) in [5.74, 6) is 0.0910. The van der Waals surface area contributed by atoms with E-state index in [1.54, 1.807) is 12.1 Å². The maximum atomic E-state index is 13.0. The standard InChI is InChI=1S/C16H22FNO/c1-16(2,3)10-14(18-15(19)12-4-5-12)11-6-8-13(17)9-7-11/h6-9,12,14H,4-5,10H2,1-3H3,(H,18,19)/t14-/m1/s1. The minimum atomic E-state index is -0.244. The van der Waals surface area contributed by atoms with Crippen LogP contribution in [0.4, 0.5) is 4.39 Å². The van der Waals surface area contributed by atoms with Gasteiger partial charge in [0.15, 0.2) is 0 Å². The van der Waals surface area contributed by atoms with Crippen LogP contribution in [0.15, 0.2) is 24.3 Å². The fourth-order valence-corrected chi connectivity index (χ4v) is 2.19. The van der Waals surface area contributed by atoms with Crippen LogP contribution in [-0.4, -0.2) is 5.91 Å². The number of nitrogens with one attached hydrogen (secondary N) is 1. The smallest absolute Gasteiger partial charge is 0.223 e. The monoisotopic (exact) mass is 263 g/mol. The Balaban J connectivity index is 2.12. The Bertz CT molecular complexity index is 443. The van der Waals surface area contributed by atoms with Gasteiger partial charge in [-0.2, -0.15) is 0 Å². The summed E-state index contributed by atoms with van der Waals surface area (Å²) < 4.78 is 13.0. The van der Waals surface area contributed by atoms with Gasteiger partial charge in [-0.25, -0.2) is 4.39 Å². The molecule has 0 unspecified atom stereocenters. The molecule has 104 valence electrons. The van der Waals surface area contributed by atoms with Crippen molar-refractivity contribution in [3.8, 4) is 0 Å². The quantitative estimate of drug-likeness (QED) is 0.879. The molecule has 0 bridgehead atoms. The predicted molar refractivity (Wildman–Crippen MR) is 74.1 cm³/mol. The molecule has 1 amide bonds. The van der Waals surface area contributed by atoms with E-state index in [1.807, 2.05) is 0 Å². The Hall–Kier alpha value is -1.38. The van der Waals surface area contributed by atoms with E-state index in [4.69, 9.17) is 0 Å². The Labute approximate surface area is 114 Å². The molecular weight excluding hydrogens is 241 g/mol. The number of rotatable bonds is 4. The van der Waals surface area contributed by atoms with Crippen molar-refractivity contribution in [2.75, 3.05) is 0 Å². The zero-order valence-corrected chi connectivity index (χ0v) is 11.9. The van der Waals surface area contributed by atoms with Crippen LogP contribution in [-0.2, 0) is 4.79 Å². The van der Waals surface area contributed by atoms with Gasteiger partial charge in [-0.05, 0) is 42.4 Å². The van der Waals surface area contributed by atoms with Gasteiger partial charge < -0.3 is 5.32 Å². The van der Waals surface area contributed by atoms with Crippen molar-refractivity contribution in [2.45, 2.75) is 46.1 Å². The molecule has 1 fully saturated rings. The van der Waals surface area contributed by atoms with Gasteiger partial charge in [0.25, 0.3) is 0 Å². The molecule has 0 spiro atoms. The first-order valence-electron chi connectivity index (χ1n) is 6.91. The Morgan fingerprint density at radius 3 is 2.37 bits per heavy atom. The average molecular weight is 263 g/mol. The van der Waals surface area contributed by atoms with Crippen LogP contribution in [0.1, 0.15) is 51.6 Å². The van der Waals surface area contributed by atoms with Crippen molar-refractivity contribution < 1.29 is 9.18 Å². The second kappa shape index (κ2) is 5.32. The summed E-state index contributed by atoms with van der Waals surface area (Å²) in [6.45, 7) is 6.44. The van der Waals surface area contributed by atoms with E-state index < -0.39 is 0 Å². The first kappa shape index (κ1) is 14.0. The van der Waals surface area contributed by atoms with Gasteiger partial charge in [0.2, 0.25) is 5.91 Å². The summed E-state index contributed by atoms with van der Waals surface area (Å²) in [6.07, 6.45) is 2.84. The highest BCUT2D eigenvalue weighted by Crippen LogP contribution is 2.33. The molecule has 0 radical (unpaired) electrons. The minimum Gasteiger partial charge on any atom is -0.349 e. The van der Waals surface area contributed by atoms with Gasteiger partial charge in [0.1, 0.15) is 5.82 Å². The molecule has 1 aromatic rings. The third-order valence-electron chi connectivity index (χ3n) is 3.35. The summed E-state index contributed by atoms with van der Waals surface area (Å²) >= 11 is 0. The summed E-state index contributed by atoms with van der Waals surface area (Å²) in [5.41, 5.74) is 1.08. The molecule has 1 aromatic carbocycles. The summed E-state index contributed by atoms with van der Waals surface area (Å²) in [6, 6.07) is 6.40. The molecule has 1 aliphatic rings. The SMILES string of the molecule is CC(C)(C)C[C@@H](NC(=O)C1CC1)c1ccc(F)cc1. The number of hydrogen-bond acceptors (Lipinski definition) is 1. The van der Waals surface area contributed by atoms with Gasteiger partial charge in [0, 0.05) is 5.92 Å². The Morgan fingerprint density at radius 2 is 1.89 bits per heavy atom. The molecule has 0 aromatic heterocycles. The van der Waals surface area contributed by atoms with E-state index in [2.05, 4.69) is 26.1 Å². The number of carbonyl (C=O) groups is 1. The fourth-order valence-electron chi connectivity index (χ4n) is 2.19. The van der Waals surface area contributed by atoms with Gasteiger partial charge in [-0.15, -0.1) is 0 Å². The van der Waals surface area contributed by atoms with Crippen LogP contribution >= 0.6 is 0 Å². The molecule has 2 nitrogen and oxygen atoms in total. The number of benzene rings is 1. The van der Waals surface area contributed by atoms with Gasteiger partial charge >= 0.3 is 0 Å². The fraction of sp³-hybridized carbons (Fsp3) is 0.562. The highest BCUT2D eigenvalue weighted by Gasteiger charge is 2.32. The molecule has 19 heavy (non-hydrogen) atoms. The molecule has 1 saturated carbocycles. The zero-order valence-electron chi connectivity index (χ0n) is 11.9. The molecule has 1 N–H and O–H groups in total. The first-order valence-corrected chi connectivity index (χ1v) is 6.91. The van der Waals surface area contributed by atoms with Crippen LogP contribution in [0.5, 0.6) is 0 Å². The highest BCUT2D eigenvalue weighted by molar-refractivity contribution is 5.81. The minimum absolute atomic E-state index is 0.0336. The van der Waals surface area contributed by atoms with Crippen LogP contribution < -0.4 is 5.32 Å². The maximum absolute atomic E-state index is 13.0. The lowest BCUT2D eigenvalue weighted by atomic mass is 9.85. The Morgan fingerprint density at radius 1 is 1.32 bits per heavy atom. The van der Waals surface area contributed by atoms with Gasteiger partial charge in [-0.1, -0.05) is 32.9 Å². The molecule has 0 heterocycles. The van der Waals surface area contributed by atoms with Crippen molar-refractivity contribution in [1.82, 2.24) is 5.32 Å². The number of carbonyl (C=O) groups excluding carboxylic acids is 1. The highest BCUT2D eigenvalue weighted by atomic mass is 19.1. The van der Waals surface area contributed by atoms with E-state index in [0.29, 0.717) is 0 Å². The number of hydrogen-bond donors (Lipinski definition) is 1. The third kappa shape index (κ3) is 4.34. The first-order chi connectivity index (χ1) is 8.85. The van der Waals surface area contributed by atoms with Crippen molar-refractivity contribution in [3.05, 3.63) is 35.6 Å². The molecular formula is C16H22FNO. The van der Waals surface area contributed by atoms with Crippen molar-refractivity contribution in [3.63, 3.8) is 0 Å². The van der Waals surface area contributed by atoms with E-state index in [0.717, 1.165) is 24.8 Å². The topological polar surface area (TPSA) is 29.1 Å². The van der Waals surface area contributed by atoms with E-state index in [9.17, 15) is 9.18 Å². The largest absolute Gasteiger partial charge is 0.349 e. The molecule has 1 aliphatic carbocycles. The second-order valence-corrected chi connectivity index (χ2v) is 6.65. The lowest BCUT2D eigenvalue weighted by molar-refractivity contribution is -0.123. The molecule has 3 heteroatoms. The Kier molecular flexibility index (Phi) is 3.93. The summed E-state index contributed by atoms with van der Waals surface area (Å²) in [4.78, 5) is 12.0. The van der Waals surface area contributed by atoms with Crippen molar-refractivity contribution >= 4 is 5.91 Å². The normalized spacial score (nSPS) is 17.1. The average Bonchev–Trinajstić information content (AvgIpc) is 3.10. The summed E-state index contributed by atoms with van der Waals surface area (Å²) in [7, 11) is 0. The van der Waals surface area contributed by atoms with Crippen LogP contribution in [0.2, 0.25) is 0 Å². The lowest BCUT2D eigenvalue weighted by Gasteiger charge is -2.27. The van der Waals surface area contributed by atoms with Gasteiger partial charge in [0.05, 0.1) is 6.04 Å². The summed E-state index contributed by atoms with van der Waals surface area (Å²) in [5, 5.41) is 3.11. The molecule has 1 atom stereocenters. The molecule has 0 aliphatic heterocycles. The number of halogens is 1. The lowest BCUT2D eigenvalue weighted by Crippen LogP contribution is -2.32. The van der Waals surface area contributed by atoms with E-state index in [-0.39, 0.29) is 29.1 Å². The van der Waals surface area contributed by atoms with Gasteiger partial charge in [-0.3, -0.25) is 4.79 Å². The van der Waals surface area contributed by atoms with E-state index in [1.165, 1.54) is 12.1 Å². The third-order valence-corrected chi connectivity index (χ3v) is 3.35. The van der Waals surface area contributed by atoms with Crippen LogP contribution in [0, 0.1) is 17.2 Å². The molecule has 2 rings (SSSR count). The zero-order chi connectivity index (χ0) is 14.0. The predicted octanol–water partition coefficient (Wildman–Crippen LogP) is 3.83. The van der Waals surface area contributed by atoms with Crippen LogP contribution in [0.25, 0.3) is 0 Å². The molecule has 0 saturated heterocycles. The van der Waals surface area contributed by atoms with Crippen molar-refractivity contribution in [1.29, 1.82) is 0 Å². The van der Waals surface area contributed by atoms with E-state index >= 15 is 0 Å².